The quantitative estimate of drug-likeness (QED) is 0.0711. The largest absolute Gasteiger partial charge is 0.494 e. The molecule has 0 heterocycles. The molecule has 7 heteroatoms. The Morgan fingerprint density at radius 3 is 1.65 bits per heavy atom. The van der Waals surface area contributed by atoms with Crippen LogP contribution in [0.4, 0.5) is 4.39 Å². The van der Waals surface area contributed by atoms with Crippen LogP contribution in [0.1, 0.15) is 49.7 Å². The molecular weight excluding hydrogens is 547 g/mol. The monoisotopic (exact) mass is 584 g/mol. The molecule has 0 aliphatic rings. The molecule has 0 N–H and O–H groups in total. The maximum atomic E-state index is 14.9. The van der Waals surface area contributed by atoms with Crippen LogP contribution < -0.4 is 9.47 Å². The van der Waals surface area contributed by atoms with Gasteiger partial charge in [-0.05, 0) is 92.6 Å². The lowest BCUT2D eigenvalue weighted by Crippen LogP contribution is -2.04. The Morgan fingerprint density at radius 2 is 1.09 bits per heavy atom. The Balaban J connectivity index is 1.41. The Kier molecular flexibility index (Phi) is 14.1. The Hall–Kier alpha value is -4.83. The van der Waals surface area contributed by atoms with Gasteiger partial charge in [0.1, 0.15) is 17.3 Å². The molecule has 0 unspecified atom stereocenters. The second-order valence-electron chi connectivity index (χ2n) is 9.55. The molecule has 224 valence electrons. The molecule has 43 heavy (non-hydrogen) atoms. The SMILES string of the molecule is C=CC(=O)OCCCCCCOc1ccc(-c2ccc(C#Cc3ccc(OCCCCOC(=O)C=C)cc3)cc2F)cc1. The van der Waals surface area contributed by atoms with Crippen molar-refractivity contribution in [1.82, 2.24) is 0 Å². The van der Waals surface area contributed by atoms with E-state index in [2.05, 4.69) is 25.0 Å². The lowest BCUT2D eigenvalue weighted by molar-refractivity contribution is -0.138. The second-order valence-corrected chi connectivity index (χ2v) is 9.55. The van der Waals surface area contributed by atoms with Crippen LogP contribution in [0.15, 0.2) is 92.0 Å². The highest BCUT2D eigenvalue weighted by Gasteiger charge is 2.07. The van der Waals surface area contributed by atoms with Gasteiger partial charge >= 0.3 is 11.9 Å². The van der Waals surface area contributed by atoms with Crippen molar-refractivity contribution in [3.63, 3.8) is 0 Å². The van der Waals surface area contributed by atoms with Crippen molar-refractivity contribution in [2.45, 2.75) is 38.5 Å². The van der Waals surface area contributed by atoms with Gasteiger partial charge < -0.3 is 18.9 Å². The van der Waals surface area contributed by atoms with Crippen molar-refractivity contribution < 1.29 is 32.9 Å². The summed E-state index contributed by atoms with van der Waals surface area (Å²) < 4.78 is 36.3. The van der Waals surface area contributed by atoms with E-state index in [1.165, 1.54) is 6.07 Å². The Labute approximate surface area is 253 Å². The average Bonchev–Trinajstić information content (AvgIpc) is 3.03. The van der Waals surface area contributed by atoms with E-state index in [1.54, 1.807) is 12.1 Å². The van der Waals surface area contributed by atoms with E-state index in [0.29, 0.717) is 44.0 Å². The maximum absolute atomic E-state index is 14.9. The summed E-state index contributed by atoms with van der Waals surface area (Å²) in [4.78, 5) is 22.0. The van der Waals surface area contributed by atoms with Crippen LogP contribution in [0, 0.1) is 17.7 Å². The van der Waals surface area contributed by atoms with E-state index in [1.807, 2.05) is 48.5 Å². The first-order valence-electron chi connectivity index (χ1n) is 14.3. The molecule has 0 saturated heterocycles. The Bertz CT molecular complexity index is 1400. The molecule has 0 saturated carbocycles. The van der Waals surface area contributed by atoms with E-state index >= 15 is 0 Å². The molecule has 0 aliphatic carbocycles. The number of carbonyl (C=O) groups excluding carboxylic acids is 2. The van der Waals surface area contributed by atoms with Crippen molar-refractivity contribution >= 4 is 11.9 Å². The van der Waals surface area contributed by atoms with Crippen LogP contribution in [0.5, 0.6) is 11.5 Å². The highest BCUT2D eigenvalue weighted by atomic mass is 19.1. The summed E-state index contributed by atoms with van der Waals surface area (Å²) in [5, 5.41) is 0. The number of esters is 2. The molecule has 0 fully saturated rings. The molecular formula is C36H37FO6. The third-order valence-electron chi connectivity index (χ3n) is 6.28. The maximum Gasteiger partial charge on any atom is 0.330 e. The predicted octanol–water partition coefficient (Wildman–Crippen LogP) is 7.45. The van der Waals surface area contributed by atoms with Gasteiger partial charge in [-0.2, -0.15) is 0 Å². The van der Waals surface area contributed by atoms with Crippen LogP contribution >= 0.6 is 0 Å². The number of carbonyl (C=O) groups is 2. The van der Waals surface area contributed by atoms with Gasteiger partial charge in [0.05, 0.1) is 26.4 Å². The van der Waals surface area contributed by atoms with Crippen LogP contribution in [0.25, 0.3) is 11.1 Å². The summed E-state index contributed by atoms with van der Waals surface area (Å²) in [5.74, 6) is 6.37. The molecule has 0 spiro atoms. The number of hydrogen-bond acceptors (Lipinski definition) is 6. The van der Waals surface area contributed by atoms with Gasteiger partial charge in [-0.1, -0.05) is 43.2 Å². The van der Waals surface area contributed by atoms with E-state index in [9.17, 15) is 14.0 Å². The van der Waals surface area contributed by atoms with Crippen molar-refractivity contribution in [1.29, 1.82) is 0 Å². The first kappa shape index (κ1) is 32.7. The Morgan fingerprint density at radius 1 is 0.628 bits per heavy atom. The minimum atomic E-state index is -0.421. The average molecular weight is 585 g/mol. The number of halogens is 1. The molecule has 6 nitrogen and oxygen atoms in total. The van der Waals surface area contributed by atoms with E-state index in [0.717, 1.165) is 66.9 Å². The van der Waals surface area contributed by atoms with Crippen LogP contribution in [-0.4, -0.2) is 38.4 Å². The van der Waals surface area contributed by atoms with Crippen molar-refractivity contribution in [2.75, 3.05) is 26.4 Å². The van der Waals surface area contributed by atoms with Gasteiger partial charge in [0.25, 0.3) is 0 Å². The van der Waals surface area contributed by atoms with Crippen molar-refractivity contribution in [3.8, 4) is 34.5 Å². The van der Waals surface area contributed by atoms with E-state index < -0.39 is 11.9 Å². The van der Waals surface area contributed by atoms with Crippen LogP contribution in [0.3, 0.4) is 0 Å². The van der Waals surface area contributed by atoms with Gasteiger partial charge in [-0.25, -0.2) is 14.0 Å². The number of hydrogen-bond donors (Lipinski definition) is 0. The lowest BCUT2D eigenvalue weighted by Gasteiger charge is -2.08. The summed E-state index contributed by atoms with van der Waals surface area (Å²) in [6.07, 6.45) is 7.41. The van der Waals surface area contributed by atoms with Gasteiger partial charge in [-0.3, -0.25) is 0 Å². The highest BCUT2D eigenvalue weighted by molar-refractivity contribution is 5.81. The van der Waals surface area contributed by atoms with E-state index in [4.69, 9.17) is 18.9 Å². The van der Waals surface area contributed by atoms with Crippen LogP contribution in [-0.2, 0) is 19.1 Å². The second kappa shape index (κ2) is 18.6. The molecule has 0 bridgehead atoms. The first-order valence-corrected chi connectivity index (χ1v) is 14.3. The topological polar surface area (TPSA) is 71.1 Å². The fourth-order valence-corrected chi connectivity index (χ4v) is 3.94. The number of unbranched alkanes of at least 4 members (excludes halogenated alkanes) is 4. The normalized spacial score (nSPS) is 10.2. The third kappa shape index (κ3) is 12.3. The summed E-state index contributed by atoms with van der Waals surface area (Å²) in [5.41, 5.74) is 2.62. The molecule has 3 rings (SSSR count). The zero-order valence-corrected chi connectivity index (χ0v) is 24.3. The third-order valence-corrected chi connectivity index (χ3v) is 6.28. The van der Waals surface area contributed by atoms with Gasteiger partial charge in [0.2, 0.25) is 0 Å². The van der Waals surface area contributed by atoms with Crippen molar-refractivity contribution in [3.05, 3.63) is 109 Å². The fourth-order valence-electron chi connectivity index (χ4n) is 3.94. The standard InChI is InChI=1S/C36H37FO6/c1-3-35(38)42-25-8-6-5-7-23-40-32-20-16-30(17-21-32)33-22-15-29(27-34(33)37)12-11-28-13-18-31(19-14-28)41-24-9-10-26-43-36(39)4-2/h3-4,13-22,27H,1-2,5-10,23-26H2. The molecule has 0 amide bonds. The van der Waals surface area contributed by atoms with Gasteiger partial charge in [0.15, 0.2) is 0 Å². The first-order chi connectivity index (χ1) is 21.0. The molecule has 0 aliphatic heterocycles. The smallest absolute Gasteiger partial charge is 0.330 e. The molecule has 3 aromatic rings. The summed E-state index contributed by atoms with van der Waals surface area (Å²) in [6.45, 7) is 8.56. The zero-order chi connectivity index (χ0) is 30.7. The highest BCUT2D eigenvalue weighted by Crippen LogP contribution is 2.26. The van der Waals surface area contributed by atoms with Crippen molar-refractivity contribution in [2.24, 2.45) is 0 Å². The fraction of sp³-hybridized carbons (Fsp3) is 0.278. The number of ether oxygens (including phenoxy) is 4. The zero-order valence-electron chi connectivity index (χ0n) is 24.3. The van der Waals surface area contributed by atoms with Gasteiger partial charge in [0, 0.05) is 28.8 Å². The summed E-state index contributed by atoms with van der Waals surface area (Å²) in [6, 6.07) is 19.7. The molecule has 3 aromatic carbocycles. The van der Waals surface area contributed by atoms with E-state index in [-0.39, 0.29) is 5.82 Å². The number of rotatable bonds is 17. The van der Waals surface area contributed by atoms with Gasteiger partial charge in [-0.15, -0.1) is 0 Å². The lowest BCUT2D eigenvalue weighted by atomic mass is 10.0. The van der Waals surface area contributed by atoms with Crippen LogP contribution in [0.2, 0.25) is 0 Å². The minimum absolute atomic E-state index is 0.341. The molecule has 0 aromatic heterocycles. The summed E-state index contributed by atoms with van der Waals surface area (Å²) >= 11 is 0. The predicted molar refractivity (Wildman–Crippen MR) is 165 cm³/mol. The minimum Gasteiger partial charge on any atom is -0.494 e. The summed E-state index contributed by atoms with van der Waals surface area (Å²) in [7, 11) is 0. The molecule has 0 radical (unpaired) electrons. The molecule has 0 atom stereocenters. The number of benzene rings is 3.